The Morgan fingerprint density at radius 3 is 2.50 bits per heavy atom. The minimum absolute atomic E-state index is 0.00778. The van der Waals surface area contributed by atoms with Crippen molar-refractivity contribution >= 4 is 10.9 Å². The molecular formula is C15H20N2O. The van der Waals surface area contributed by atoms with Crippen molar-refractivity contribution in [2.75, 3.05) is 0 Å². The summed E-state index contributed by atoms with van der Waals surface area (Å²) >= 11 is 0. The number of benzene rings is 1. The van der Waals surface area contributed by atoms with Gasteiger partial charge in [-0.05, 0) is 22.9 Å². The number of pyridine rings is 1. The second-order valence-electron chi connectivity index (χ2n) is 5.81. The molecule has 0 bridgehead atoms. The van der Waals surface area contributed by atoms with Crippen LogP contribution in [0.3, 0.4) is 0 Å². The maximum absolute atomic E-state index is 12.0. The van der Waals surface area contributed by atoms with Crippen LogP contribution in [0.15, 0.2) is 41.2 Å². The lowest BCUT2D eigenvalue weighted by Gasteiger charge is -2.28. The number of para-hydroxylation sites is 1. The van der Waals surface area contributed by atoms with Crippen molar-refractivity contribution in [3.05, 3.63) is 46.8 Å². The Kier molecular flexibility index (Phi) is 3.26. The van der Waals surface area contributed by atoms with Gasteiger partial charge in [-0.2, -0.15) is 0 Å². The lowest BCUT2D eigenvalue weighted by molar-refractivity contribution is 0.292. The average molecular weight is 244 g/mol. The minimum Gasteiger partial charge on any atom is -0.326 e. The predicted octanol–water partition coefficient (Wildman–Crippen LogP) is 2.37. The summed E-state index contributed by atoms with van der Waals surface area (Å²) in [5.41, 5.74) is 7.12. The van der Waals surface area contributed by atoms with Gasteiger partial charge in [-0.15, -0.1) is 0 Å². The molecule has 1 aromatic heterocycles. The van der Waals surface area contributed by atoms with Crippen LogP contribution in [-0.4, -0.2) is 10.6 Å². The van der Waals surface area contributed by atoms with E-state index in [1.807, 2.05) is 30.3 Å². The van der Waals surface area contributed by atoms with Gasteiger partial charge in [0, 0.05) is 18.7 Å². The van der Waals surface area contributed by atoms with Crippen molar-refractivity contribution < 1.29 is 0 Å². The van der Waals surface area contributed by atoms with Crippen molar-refractivity contribution in [3.8, 4) is 0 Å². The summed E-state index contributed by atoms with van der Waals surface area (Å²) in [5.74, 6) is 0. The molecule has 1 heterocycles. The molecule has 96 valence electrons. The van der Waals surface area contributed by atoms with E-state index in [1.54, 1.807) is 10.6 Å². The molecule has 1 unspecified atom stereocenters. The summed E-state index contributed by atoms with van der Waals surface area (Å²) in [6, 6.07) is 11.3. The first kappa shape index (κ1) is 12.8. The fraction of sp³-hybridized carbons (Fsp3) is 0.400. The Morgan fingerprint density at radius 1 is 1.17 bits per heavy atom. The molecule has 18 heavy (non-hydrogen) atoms. The molecule has 0 saturated carbocycles. The van der Waals surface area contributed by atoms with Crippen molar-refractivity contribution in [2.45, 2.75) is 33.4 Å². The van der Waals surface area contributed by atoms with Crippen molar-refractivity contribution in [1.29, 1.82) is 0 Å². The molecule has 0 aliphatic carbocycles. The maximum atomic E-state index is 12.0. The zero-order valence-electron chi connectivity index (χ0n) is 11.2. The molecule has 0 radical (unpaired) electrons. The smallest absolute Gasteiger partial charge is 0.251 e. The number of nitrogens with two attached hydrogens (primary N) is 1. The molecule has 3 nitrogen and oxygen atoms in total. The number of hydrogen-bond acceptors (Lipinski definition) is 2. The van der Waals surface area contributed by atoms with Crippen LogP contribution in [0.4, 0.5) is 0 Å². The van der Waals surface area contributed by atoms with Crippen LogP contribution in [0.2, 0.25) is 0 Å². The Balaban J connectivity index is 2.50. The van der Waals surface area contributed by atoms with Gasteiger partial charge in [0.15, 0.2) is 0 Å². The van der Waals surface area contributed by atoms with Gasteiger partial charge >= 0.3 is 0 Å². The van der Waals surface area contributed by atoms with Gasteiger partial charge in [-0.3, -0.25) is 4.79 Å². The summed E-state index contributed by atoms with van der Waals surface area (Å²) in [4.78, 5) is 12.0. The van der Waals surface area contributed by atoms with Gasteiger partial charge in [0.1, 0.15) is 0 Å². The molecule has 0 aliphatic heterocycles. The molecule has 1 aromatic carbocycles. The van der Waals surface area contributed by atoms with E-state index < -0.39 is 0 Å². The molecule has 0 fully saturated rings. The molecule has 0 aliphatic rings. The standard InChI is InChI=1S/C15H20N2O/c1-15(2,3)13(16)10-17-12-7-5-4-6-11(12)8-9-14(17)18/h4-9,13H,10,16H2,1-3H3. The molecule has 2 aromatic rings. The van der Waals surface area contributed by atoms with Crippen LogP contribution < -0.4 is 11.3 Å². The maximum Gasteiger partial charge on any atom is 0.251 e. The van der Waals surface area contributed by atoms with Gasteiger partial charge in [-0.25, -0.2) is 0 Å². The van der Waals surface area contributed by atoms with E-state index in [2.05, 4.69) is 20.8 Å². The fourth-order valence-corrected chi connectivity index (χ4v) is 1.90. The van der Waals surface area contributed by atoms with Crippen LogP contribution >= 0.6 is 0 Å². The summed E-state index contributed by atoms with van der Waals surface area (Å²) < 4.78 is 1.77. The highest BCUT2D eigenvalue weighted by Crippen LogP contribution is 2.20. The second-order valence-corrected chi connectivity index (χ2v) is 5.81. The third kappa shape index (κ3) is 2.46. The van der Waals surface area contributed by atoms with Crippen LogP contribution in [0.5, 0.6) is 0 Å². The monoisotopic (exact) mass is 244 g/mol. The molecule has 2 rings (SSSR count). The van der Waals surface area contributed by atoms with Gasteiger partial charge in [0.25, 0.3) is 5.56 Å². The average Bonchev–Trinajstić information content (AvgIpc) is 2.31. The van der Waals surface area contributed by atoms with Gasteiger partial charge < -0.3 is 10.3 Å². The summed E-state index contributed by atoms with van der Waals surface area (Å²) in [6.07, 6.45) is 0. The molecule has 0 saturated heterocycles. The number of fused-ring (bicyclic) bond motifs is 1. The van der Waals surface area contributed by atoms with Crippen LogP contribution in [0, 0.1) is 5.41 Å². The van der Waals surface area contributed by atoms with Crippen LogP contribution in [0.1, 0.15) is 20.8 Å². The van der Waals surface area contributed by atoms with Crippen molar-refractivity contribution in [3.63, 3.8) is 0 Å². The van der Waals surface area contributed by atoms with Crippen LogP contribution in [0.25, 0.3) is 10.9 Å². The number of aromatic nitrogens is 1. The van der Waals surface area contributed by atoms with E-state index in [-0.39, 0.29) is 17.0 Å². The Morgan fingerprint density at radius 2 is 1.83 bits per heavy atom. The minimum atomic E-state index is -0.0546. The Bertz CT molecular complexity index is 608. The molecule has 3 heteroatoms. The summed E-state index contributed by atoms with van der Waals surface area (Å²) in [5, 5.41) is 1.07. The highest BCUT2D eigenvalue weighted by Gasteiger charge is 2.21. The Labute approximate surface area is 107 Å². The third-order valence-corrected chi connectivity index (χ3v) is 3.39. The zero-order valence-corrected chi connectivity index (χ0v) is 11.2. The van der Waals surface area contributed by atoms with Crippen LogP contribution in [-0.2, 0) is 6.54 Å². The highest BCUT2D eigenvalue weighted by atomic mass is 16.1. The summed E-state index contributed by atoms with van der Waals surface area (Å²) in [7, 11) is 0. The highest BCUT2D eigenvalue weighted by molar-refractivity contribution is 5.78. The lowest BCUT2D eigenvalue weighted by Crippen LogP contribution is -2.41. The SMILES string of the molecule is CC(C)(C)C(N)Cn1c(=O)ccc2ccccc21. The predicted molar refractivity (Wildman–Crippen MR) is 75.6 cm³/mol. The molecule has 0 spiro atoms. The number of hydrogen-bond donors (Lipinski definition) is 1. The van der Waals surface area contributed by atoms with Gasteiger partial charge in [0.05, 0.1) is 5.52 Å². The topological polar surface area (TPSA) is 48.0 Å². The van der Waals surface area contributed by atoms with Gasteiger partial charge in [-0.1, -0.05) is 39.0 Å². The first-order chi connectivity index (χ1) is 8.39. The van der Waals surface area contributed by atoms with E-state index in [1.165, 1.54) is 0 Å². The van der Waals surface area contributed by atoms with Crippen molar-refractivity contribution in [1.82, 2.24) is 4.57 Å². The molecule has 1 atom stereocenters. The fourth-order valence-electron chi connectivity index (χ4n) is 1.90. The normalized spacial score (nSPS) is 13.8. The van der Waals surface area contributed by atoms with E-state index in [9.17, 15) is 4.79 Å². The van der Waals surface area contributed by atoms with Crippen molar-refractivity contribution in [2.24, 2.45) is 11.1 Å². The third-order valence-electron chi connectivity index (χ3n) is 3.39. The van der Waals surface area contributed by atoms with E-state index in [4.69, 9.17) is 5.73 Å². The zero-order chi connectivity index (χ0) is 13.3. The summed E-state index contributed by atoms with van der Waals surface area (Å²) in [6.45, 7) is 6.82. The van der Waals surface area contributed by atoms with E-state index >= 15 is 0 Å². The van der Waals surface area contributed by atoms with E-state index in [0.29, 0.717) is 6.54 Å². The number of rotatable bonds is 2. The Hall–Kier alpha value is -1.61. The second kappa shape index (κ2) is 4.58. The van der Waals surface area contributed by atoms with Gasteiger partial charge in [0.2, 0.25) is 0 Å². The largest absolute Gasteiger partial charge is 0.326 e. The van der Waals surface area contributed by atoms with E-state index in [0.717, 1.165) is 10.9 Å². The first-order valence-electron chi connectivity index (χ1n) is 6.24. The quantitative estimate of drug-likeness (QED) is 0.881. The number of nitrogens with zero attached hydrogens (tertiary/aromatic N) is 1. The first-order valence-corrected chi connectivity index (χ1v) is 6.24. The molecule has 0 amide bonds. The molecular weight excluding hydrogens is 224 g/mol. The lowest BCUT2D eigenvalue weighted by atomic mass is 9.87. The molecule has 2 N–H and O–H groups in total.